The molecule has 0 unspecified atom stereocenters. The molecule has 0 N–H and O–H groups in total. The Morgan fingerprint density at radius 2 is 1.50 bits per heavy atom. The summed E-state index contributed by atoms with van der Waals surface area (Å²) in [4.78, 5) is 4.71. The number of benzene rings is 2. The Hall–Kier alpha value is -2.53. The normalized spacial score (nSPS) is 15.2. The molecule has 11 heteroatoms. The first-order valence-corrected chi connectivity index (χ1v) is 13.1. The highest BCUT2D eigenvalue weighted by Gasteiger charge is 2.39. The molecule has 4 nitrogen and oxygen atoms in total. The molecule has 2 heterocycles. The van der Waals surface area contributed by atoms with Crippen LogP contribution in [-0.4, -0.2) is 31.7 Å². The number of hydrogen-bond donors (Lipinski definition) is 0. The van der Waals surface area contributed by atoms with Gasteiger partial charge in [0.1, 0.15) is 4.90 Å². The minimum Gasteiger partial charge on any atom is -0.348 e. The molecular weight excluding hydrogens is 495 g/mol. The van der Waals surface area contributed by atoms with Gasteiger partial charge in [-0.15, -0.1) is 11.3 Å². The number of nitrogens with zero attached hydrogens (tertiary/aromatic N) is 2. The molecule has 0 atom stereocenters. The van der Waals surface area contributed by atoms with Crippen molar-refractivity contribution in [1.29, 1.82) is 0 Å². The molecule has 0 spiro atoms. The second-order valence-corrected chi connectivity index (χ2v) is 11.1. The fourth-order valence-corrected chi connectivity index (χ4v) is 6.76. The van der Waals surface area contributed by atoms with E-state index in [1.807, 2.05) is 34.5 Å². The van der Waals surface area contributed by atoms with Crippen molar-refractivity contribution < 1.29 is 30.4 Å². The van der Waals surface area contributed by atoms with Gasteiger partial charge >= 0.3 is 0 Å². The Labute approximate surface area is 198 Å². The van der Waals surface area contributed by atoms with Crippen LogP contribution in [0.5, 0.6) is 0 Å². The minimum absolute atomic E-state index is 0.0392. The van der Waals surface area contributed by atoms with Gasteiger partial charge in [-0.05, 0) is 24.8 Å². The lowest BCUT2D eigenvalue weighted by molar-refractivity contribution is 0.356. The van der Waals surface area contributed by atoms with Crippen molar-refractivity contribution in [2.24, 2.45) is 0 Å². The van der Waals surface area contributed by atoms with E-state index in [9.17, 15) is 30.4 Å². The summed E-state index contributed by atoms with van der Waals surface area (Å²) >= 11 is 1.39. The van der Waals surface area contributed by atoms with E-state index in [-0.39, 0.29) is 25.9 Å². The van der Waals surface area contributed by atoms with E-state index in [2.05, 4.69) is 11.9 Å². The number of anilines is 1. The summed E-state index contributed by atoms with van der Waals surface area (Å²) in [5, 5.41) is 1.28. The molecule has 0 saturated carbocycles. The van der Waals surface area contributed by atoms with E-state index in [0.29, 0.717) is 5.13 Å². The van der Waals surface area contributed by atoms with Crippen molar-refractivity contribution >= 4 is 26.3 Å². The van der Waals surface area contributed by atoms with Crippen LogP contribution in [0, 0.1) is 29.1 Å². The van der Waals surface area contributed by atoms with Gasteiger partial charge in [0.15, 0.2) is 38.2 Å². The summed E-state index contributed by atoms with van der Waals surface area (Å²) in [5.41, 5.74) is 2.96. The monoisotopic (exact) mass is 516 g/mol. The van der Waals surface area contributed by atoms with E-state index in [1.54, 1.807) is 0 Å². The number of sulfone groups is 1. The zero-order valence-corrected chi connectivity index (χ0v) is 19.8. The topological polar surface area (TPSA) is 50.3 Å². The minimum atomic E-state index is -4.78. The Kier molecular flexibility index (Phi) is 6.95. The number of aromatic nitrogens is 1. The average molecular weight is 517 g/mol. The third-order valence-electron chi connectivity index (χ3n) is 5.89. The third kappa shape index (κ3) is 4.43. The van der Waals surface area contributed by atoms with Crippen molar-refractivity contribution in [3.63, 3.8) is 0 Å². The van der Waals surface area contributed by atoms with E-state index >= 15 is 0 Å². The van der Waals surface area contributed by atoms with Gasteiger partial charge < -0.3 is 4.90 Å². The van der Waals surface area contributed by atoms with Crippen LogP contribution in [0.15, 0.2) is 34.5 Å². The van der Waals surface area contributed by atoms with Crippen LogP contribution >= 0.6 is 11.3 Å². The summed E-state index contributed by atoms with van der Waals surface area (Å²) in [5.74, 6) is -11.6. The predicted octanol–water partition coefficient (Wildman–Crippen LogP) is 5.90. The summed E-state index contributed by atoms with van der Waals surface area (Å²) in [6, 6.07) is 8.08. The maximum absolute atomic E-state index is 14.1. The molecule has 1 aromatic heterocycles. The third-order valence-corrected chi connectivity index (χ3v) is 9.06. The lowest BCUT2D eigenvalue weighted by Gasteiger charge is -2.31. The Bertz CT molecular complexity index is 1270. The van der Waals surface area contributed by atoms with Gasteiger partial charge in [0, 0.05) is 24.0 Å². The number of aryl methyl sites for hydroxylation is 1. The maximum atomic E-state index is 14.1. The molecule has 0 radical (unpaired) electrons. The second kappa shape index (κ2) is 9.61. The summed E-state index contributed by atoms with van der Waals surface area (Å²) in [7, 11) is -4.78. The van der Waals surface area contributed by atoms with Gasteiger partial charge in [0.05, 0.1) is 10.9 Å². The Balaban J connectivity index is 1.49. The molecule has 1 fully saturated rings. The number of rotatable bonds is 6. The van der Waals surface area contributed by atoms with E-state index < -0.39 is 49.1 Å². The van der Waals surface area contributed by atoms with Crippen molar-refractivity contribution in [3.05, 3.63) is 64.3 Å². The van der Waals surface area contributed by atoms with Gasteiger partial charge in [0.25, 0.3) is 0 Å². The van der Waals surface area contributed by atoms with Gasteiger partial charge in [-0.1, -0.05) is 37.6 Å². The molecule has 3 aromatic rings. The highest BCUT2D eigenvalue weighted by atomic mass is 32.2. The fraction of sp³-hybridized carbons (Fsp3) is 0.348. The van der Waals surface area contributed by atoms with Crippen LogP contribution in [0.4, 0.5) is 27.1 Å². The standard InChI is InChI=1S/C23H21F5N2O2S2/c1-2-3-13-4-6-14(7-5-13)16-12-33-23(29-16)30-10-8-15(9-11-30)34(31,32)22-20(27)18(25)17(24)19(26)21(22)28/h4-7,12,15H,2-3,8-11H2,1H3. The van der Waals surface area contributed by atoms with Crippen LogP contribution in [0.2, 0.25) is 0 Å². The molecule has 0 amide bonds. The first-order chi connectivity index (χ1) is 16.1. The van der Waals surface area contributed by atoms with Gasteiger partial charge in [-0.2, -0.15) is 0 Å². The van der Waals surface area contributed by atoms with Gasteiger partial charge in [0.2, 0.25) is 5.82 Å². The molecule has 4 rings (SSSR count). The Morgan fingerprint density at radius 1 is 0.941 bits per heavy atom. The van der Waals surface area contributed by atoms with Gasteiger partial charge in [-0.3, -0.25) is 0 Å². The highest BCUT2D eigenvalue weighted by Crippen LogP contribution is 2.34. The fourth-order valence-electron chi connectivity index (χ4n) is 4.03. The van der Waals surface area contributed by atoms with Crippen LogP contribution in [0.25, 0.3) is 11.3 Å². The van der Waals surface area contributed by atoms with Crippen LogP contribution in [0.3, 0.4) is 0 Å². The molecule has 0 bridgehead atoms. The number of thiazole rings is 1. The maximum Gasteiger partial charge on any atom is 0.200 e. The number of halogens is 5. The number of hydrogen-bond acceptors (Lipinski definition) is 5. The highest BCUT2D eigenvalue weighted by molar-refractivity contribution is 7.92. The van der Waals surface area contributed by atoms with Crippen LogP contribution in [-0.2, 0) is 16.3 Å². The van der Waals surface area contributed by atoms with Crippen molar-refractivity contribution in [2.45, 2.75) is 42.8 Å². The zero-order valence-electron chi connectivity index (χ0n) is 18.1. The average Bonchev–Trinajstić information content (AvgIpc) is 3.33. The van der Waals surface area contributed by atoms with Crippen LogP contribution in [0.1, 0.15) is 31.7 Å². The van der Waals surface area contributed by atoms with Crippen molar-refractivity contribution in [2.75, 3.05) is 18.0 Å². The van der Waals surface area contributed by atoms with E-state index in [0.717, 1.165) is 24.1 Å². The molecule has 2 aromatic carbocycles. The van der Waals surface area contributed by atoms with Crippen molar-refractivity contribution in [1.82, 2.24) is 4.98 Å². The Morgan fingerprint density at radius 3 is 2.06 bits per heavy atom. The molecule has 1 aliphatic heterocycles. The first kappa shape index (κ1) is 24.6. The van der Waals surface area contributed by atoms with Crippen LogP contribution < -0.4 is 4.90 Å². The molecule has 1 aliphatic rings. The van der Waals surface area contributed by atoms with E-state index in [4.69, 9.17) is 0 Å². The quantitative estimate of drug-likeness (QED) is 0.177. The molecule has 0 aliphatic carbocycles. The predicted molar refractivity (Wildman–Crippen MR) is 120 cm³/mol. The first-order valence-electron chi connectivity index (χ1n) is 10.7. The molecule has 182 valence electrons. The van der Waals surface area contributed by atoms with E-state index in [1.165, 1.54) is 16.9 Å². The smallest absolute Gasteiger partial charge is 0.200 e. The molecular formula is C23H21F5N2O2S2. The zero-order chi connectivity index (χ0) is 24.6. The SMILES string of the molecule is CCCc1ccc(-c2csc(N3CCC(S(=O)(=O)c4c(F)c(F)c(F)c(F)c4F)CC3)n2)cc1. The largest absolute Gasteiger partial charge is 0.348 e. The second-order valence-electron chi connectivity index (χ2n) is 8.09. The van der Waals surface area contributed by atoms with Gasteiger partial charge in [-0.25, -0.2) is 35.4 Å². The summed E-state index contributed by atoms with van der Waals surface area (Å²) < 4.78 is 94.2. The molecule has 1 saturated heterocycles. The molecule has 34 heavy (non-hydrogen) atoms. The summed E-state index contributed by atoms with van der Waals surface area (Å²) in [6.45, 7) is 2.53. The summed E-state index contributed by atoms with van der Waals surface area (Å²) in [6.07, 6.45) is 1.96. The number of piperidine rings is 1. The lowest BCUT2D eigenvalue weighted by atomic mass is 10.1. The van der Waals surface area contributed by atoms with Crippen molar-refractivity contribution in [3.8, 4) is 11.3 Å². The lowest BCUT2D eigenvalue weighted by Crippen LogP contribution is -2.40.